The van der Waals surface area contributed by atoms with Crippen LogP contribution in [0.4, 0.5) is 0 Å². The fraction of sp³-hybridized carbons (Fsp3) is 0.727. The number of aryl methyl sites for hydroxylation is 2. The van der Waals surface area contributed by atoms with Gasteiger partial charge < -0.3 is 9.47 Å². The molecule has 158 valence electrons. The van der Waals surface area contributed by atoms with Crippen molar-refractivity contribution in [2.75, 3.05) is 0 Å². The molecule has 1 rings (SSSR count). The van der Waals surface area contributed by atoms with Gasteiger partial charge in [0.2, 0.25) is 0 Å². The van der Waals surface area contributed by atoms with Gasteiger partial charge in [0.15, 0.2) is 0 Å². The Labute approximate surface area is 169 Å². The van der Waals surface area contributed by atoms with Crippen molar-refractivity contribution in [3.05, 3.63) is 22.8 Å². The maximum absolute atomic E-state index is 11.3. The van der Waals surface area contributed by atoms with Gasteiger partial charge in [-0.3, -0.25) is 19.6 Å². The quantitative estimate of drug-likeness (QED) is 0.333. The van der Waals surface area contributed by atoms with Crippen molar-refractivity contribution in [2.45, 2.75) is 105 Å². The third kappa shape index (κ3) is 9.81. The van der Waals surface area contributed by atoms with Gasteiger partial charge >= 0.3 is 11.9 Å². The highest BCUT2D eigenvalue weighted by Gasteiger charge is 2.16. The van der Waals surface area contributed by atoms with Gasteiger partial charge in [0, 0.05) is 13.8 Å². The van der Waals surface area contributed by atoms with E-state index in [2.05, 4.69) is 13.8 Å². The summed E-state index contributed by atoms with van der Waals surface area (Å²) in [5.74, 6) is -0.653. The van der Waals surface area contributed by atoms with E-state index in [-0.39, 0.29) is 25.2 Å². The fourth-order valence-corrected chi connectivity index (χ4v) is 2.99. The summed E-state index contributed by atoms with van der Waals surface area (Å²) in [4.78, 5) is 32.1. The van der Waals surface area contributed by atoms with E-state index in [1.165, 1.54) is 39.5 Å². The minimum absolute atomic E-state index is 0.140. The molecule has 6 heteroatoms. The third-order valence-corrected chi connectivity index (χ3v) is 4.56. The molecule has 1 heterocycles. The second kappa shape index (κ2) is 14.1. The SMILES string of the molecule is CCCCCCc1nc(COC(C)=O)c(CCCCCC)nc1COC(C)=O. The zero-order valence-electron chi connectivity index (χ0n) is 18.0. The molecule has 0 saturated carbocycles. The van der Waals surface area contributed by atoms with Crippen molar-refractivity contribution < 1.29 is 19.1 Å². The number of nitrogens with zero attached hydrogens (tertiary/aromatic N) is 2. The number of hydrogen-bond donors (Lipinski definition) is 0. The molecule has 1 aromatic rings. The van der Waals surface area contributed by atoms with E-state index in [9.17, 15) is 9.59 Å². The monoisotopic (exact) mass is 392 g/mol. The summed E-state index contributed by atoms with van der Waals surface area (Å²) in [6, 6.07) is 0. The average Bonchev–Trinajstić information content (AvgIpc) is 2.66. The molecule has 0 aliphatic rings. The van der Waals surface area contributed by atoms with Crippen LogP contribution in [-0.2, 0) is 45.1 Å². The standard InChI is InChI=1S/C22H36N2O4/c1-5-7-9-11-13-19-21(15-27-17(3)25)24-20(14-12-10-8-6-2)22(23-19)16-28-18(4)26/h5-16H2,1-4H3. The van der Waals surface area contributed by atoms with Gasteiger partial charge in [0.1, 0.15) is 13.2 Å². The van der Waals surface area contributed by atoms with Crippen LogP contribution in [0.5, 0.6) is 0 Å². The van der Waals surface area contributed by atoms with E-state index in [1.807, 2.05) is 0 Å². The molecule has 0 aromatic carbocycles. The van der Waals surface area contributed by atoms with Crippen LogP contribution >= 0.6 is 0 Å². The molecule has 6 nitrogen and oxygen atoms in total. The molecule has 0 N–H and O–H groups in total. The number of esters is 2. The summed E-state index contributed by atoms with van der Waals surface area (Å²) in [7, 11) is 0. The zero-order valence-corrected chi connectivity index (χ0v) is 18.0. The first kappa shape index (κ1) is 24.1. The predicted molar refractivity (Wildman–Crippen MR) is 109 cm³/mol. The zero-order chi connectivity index (χ0) is 20.8. The van der Waals surface area contributed by atoms with Crippen LogP contribution in [0.1, 0.15) is 102 Å². The van der Waals surface area contributed by atoms with Crippen molar-refractivity contribution in [1.82, 2.24) is 9.97 Å². The predicted octanol–water partition coefficient (Wildman–Crippen LogP) is 4.85. The van der Waals surface area contributed by atoms with Crippen LogP contribution in [0.3, 0.4) is 0 Å². The second-order valence-electron chi connectivity index (χ2n) is 7.19. The van der Waals surface area contributed by atoms with Crippen molar-refractivity contribution >= 4 is 11.9 Å². The number of aromatic nitrogens is 2. The first-order valence-electron chi connectivity index (χ1n) is 10.6. The first-order chi connectivity index (χ1) is 13.5. The maximum atomic E-state index is 11.3. The average molecular weight is 393 g/mol. The molecule has 0 bridgehead atoms. The van der Waals surface area contributed by atoms with Crippen LogP contribution in [-0.4, -0.2) is 21.9 Å². The number of carbonyl (C=O) groups is 2. The third-order valence-electron chi connectivity index (χ3n) is 4.56. The largest absolute Gasteiger partial charge is 0.459 e. The fourth-order valence-electron chi connectivity index (χ4n) is 2.99. The Morgan fingerprint density at radius 2 is 1.04 bits per heavy atom. The Kier molecular flexibility index (Phi) is 12.1. The van der Waals surface area contributed by atoms with Gasteiger partial charge in [-0.2, -0.15) is 0 Å². The van der Waals surface area contributed by atoms with Gasteiger partial charge in [-0.15, -0.1) is 0 Å². The van der Waals surface area contributed by atoms with Crippen LogP contribution in [0, 0.1) is 0 Å². The molecule has 0 aliphatic carbocycles. The van der Waals surface area contributed by atoms with Crippen molar-refractivity contribution in [3.63, 3.8) is 0 Å². The summed E-state index contributed by atoms with van der Waals surface area (Å²) >= 11 is 0. The van der Waals surface area contributed by atoms with Gasteiger partial charge in [-0.25, -0.2) is 0 Å². The van der Waals surface area contributed by atoms with E-state index >= 15 is 0 Å². The van der Waals surface area contributed by atoms with E-state index in [0.717, 1.165) is 61.3 Å². The maximum Gasteiger partial charge on any atom is 0.303 e. The molecular formula is C22H36N2O4. The van der Waals surface area contributed by atoms with Crippen molar-refractivity contribution in [1.29, 1.82) is 0 Å². The van der Waals surface area contributed by atoms with Gasteiger partial charge in [0.25, 0.3) is 0 Å². The van der Waals surface area contributed by atoms with Crippen LogP contribution in [0.15, 0.2) is 0 Å². The molecule has 1 aromatic heterocycles. The summed E-state index contributed by atoms with van der Waals surface area (Å²) in [5.41, 5.74) is 3.14. The summed E-state index contributed by atoms with van der Waals surface area (Å²) in [5, 5.41) is 0. The molecule has 0 aliphatic heterocycles. The van der Waals surface area contributed by atoms with Crippen LogP contribution in [0.2, 0.25) is 0 Å². The highest BCUT2D eigenvalue weighted by Crippen LogP contribution is 2.18. The number of hydrogen-bond acceptors (Lipinski definition) is 6. The van der Waals surface area contributed by atoms with Gasteiger partial charge in [-0.05, 0) is 25.7 Å². The molecule has 0 unspecified atom stereocenters. The molecule has 0 saturated heterocycles. The van der Waals surface area contributed by atoms with Crippen LogP contribution < -0.4 is 0 Å². The minimum Gasteiger partial charge on any atom is -0.459 e. The lowest BCUT2D eigenvalue weighted by Gasteiger charge is -2.15. The molecule has 0 spiro atoms. The second-order valence-corrected chi connectivity index (χ2v) is 7.19. The van der Waals surface area contributed by atoms with Gasteiger partial charge in [0.05, 0.1) is 22.8 Å². The molecule has 0 fully saturated rings. The Morgan fingerprint density at radius 3 is 1.36 bits per heavy atom. The van der Waals surface area contributed by atoms with E-state index in [0.29, 0.717) is 0 Å². The topological polar surface area (TPSA) is 78.4 Å². The Balaban J connectivity index is 3.04. The first-order valence-corrected chi connectivity index (χ1v) is 10.6. The number of carbonyl (C=O) groups excluding carboxylic acids is 2. The molecule has 0 radical (unpaired) electrons. The van der Waals surface area contributed by atoms with E-state index < -0.39 is 0 Å². The van der Waals surface area contributed by atoms with E-state index in [1.54, 1.807) is 0 Å². The van der Waals surface area contributed by atoms with Crippen LogP contribution in [0.25, 0.3) is 0 Å². The number of rotatable bonds is 14. The molecule has 0 amide bonds. The summed E-state index contributed by atoms with van der Waals surface area (Å²) in [6.45, 7) is 7.43. The normalized spacial score (nSPS) is 10.7. The Morgan fingerprint density at radius 1 is 0.643 bits per heavy atom. The van der Waals surface area contributed by atoms with Gasteiger partial charge in [-0.1, -0.05) is 52.4 Å². The Bertz CT molecular complexity index is 563. The molecule has 0 atom stereocenters. The number of ether oxygens (including phenoxy) is 2. The number of unbranched alkanes of at least 4 members (excludes halogenated alkanes) is 6. The summed E-state index contributed by atoms with van der Waals surface area (Å²) < 4.78 is 10.4. The minimum atomic E-state index is -0.327. The van der Waals surface area contributed by atoms with Crippen molar-refractivity contribution in [3.8, 4) is 0 Å². The van der Waals surface area contributed by atoms with E-state index in [4.69, 9.17) is 19.4 Å². The summed E-state index contributed by atoms with van der Waals surface area (Å²) in [6.07, 6.45) is 10.6. The Hall–Kier alpha value is -1.98. The highest BCUT2D eigenvalue weighted by atomic mass is 16.5. The lowest BCUT2D eigenvalue weighted by molar-refractivity contribution is -0.143. The van der Waals surface area contributed by atoms with Crippen molar-refractivity contribution in [2.24, 2.45) is 0 Å². The lowest BCUT2D eigenvalue weighted by Crippen LogP contribution is -2.14. The smallest absolute Gasteiger partial charge is 0.303 e. The molecular weight excluding hydrogens is 356 g/mol. The molecule has 28 heavy (non-hydrogen) atoms. The lowest BCUT2D eigenvalue weighted by atomic mass is 10.1. The highest BCUT2D eigenvalue weighted by molar-refractivity contribution is 5.66.